The van der Waals surface area contributed by atoms with Gasteiger partial charge in [0.15, 0.2) is 42.3 Å². The molecule has 9 fully saturated rings. The third-order valence-corrected chi connectivity index (χ3v) is 31.6. The molecule has 0 saturated heterocycles. The van der Waals surface area contributed by atoms with Gasteiger partial charge in [0.1, 0.15) is 11.3 Å². The number of aromatic nitrogens is 4. The standard InChI is InChI=1S/2C30H41FN2O6.C29H39FO6/c1-7-25(36)38-16-24(35)30(39-26(37)8-2)17(3)11-21-20-10-9-19-12-22-18(15-33(6)32-22)13-27(19,4)29(20,31)23(34)14-28(21,30)5;1-7-25(36)38-16-24(35)30(39-26(37)8-2)17(3)11-21-20-10-9-19-12-22-18(15-32-33(22)6)13-27(19,4)29(20,31)23(34)14-28(21,30)5;1-7-24(33)35-16-23(32)29(36-25(34)8-2)18(4)14-21-20-10-9-19-13-17(3)11-12-26(19,5)28(20,30)22(31)15-27(21,29)6/h2*12,15,17,20-21,23,34H,7-11,13-14,16H2,1-6H3;11-13,18,20-22,31H,3,7-10,14-16H2,1-2,4-6H3/t2*17-,20-,21-,23-,27-,28-,29-,30-;18-,20-,21-,22-,26-,27-,28-,29-/m000/s1. The molecule has 626 valence electrons. The van der Waals surface area contributed by atoms with Crippen LogP contribution < -0.4 is 0 Å². The van der Waals surface area contributed by atoms with Crippen LogP contribution in [-0.4, -0.2) is 160 Å². The first-order valence-corrected chi connectivity index (χ1v) is 41.8. The van der Waals surface area contributed by atoms with Gasteiger partial charge in [-0.25, -0.2) is 13.2 Å². The Labute approximate surface area is 668 Å². The lowest BCUT2D eigenvalue weighted by Gasteiger charge is -2.63. The smallest absolute Gasteiger partial charge is 0.306 e. The van der Waals surface area contributed by atoms with Crippen molar-refractivity contribution < 1.29 is 100 Å². The number of ether oxygens (including phenoxy) is 6. The van der Waals surface area contributed by atoms with Crippen molar-refractivity contribution in [1.29, 1.82) is 0 Å². The normalized spacial score (nSPS) is 41.3. The molecule has 12 aliphatic carbocycles. The number of carbonyl (C=O) groups excluding carboxylic acids is 9. The molecule has 0 amide bonds. The average molecular weight is 1590 g/mol. The molecule has 2 aromatic heterocycles. The zero-order chi connectivity index (χ0) is 83.8. The van der Waals surface area contributed by atoms with E-state index in [0.29, 0.717) is 70.6 Å². The van der Waals surface area contributed by atoms with Crippen LogP contribution in [-0.2, 0) is 98.5 Å². The van der Waals surface area contributed by atoms with E-state index in [-0.39, 0.29) is 75.5 Å². The number of hydrogen-bond acceptors (Lipinski definition) is 20. The molecule has 0 bridgehead atoms. The van der Waals surface area contributed by atoms with E-state index in [4.69, 9.17) is 28.4 Å². The van der Waals surface area contributed by atoms with Crippen LogP contribution in [0, 0.1) is 85.8 Å². The Bertz CT molecular complexity index is 4390. The van der Waals surface area contributed by atoms with E-state index in [2.05, 4.69) is 16.8 Å². The summed E-state index contributed by atoms with van der Waals surface area (Å²) < 4.78 is 90.5. The number of allylic oxidation sites excluding steroid dienone is 7. The van der Waals surface area contributed by atoms with E-state index in [1.807, 2.05) is 113 Å². The average Bonchev–Trinajstić information content (AvgIpc) is 1.45. The molecule has 22 nitrogen and oxygen atoms in total. The van der Waals surface area contributed by atoms with Crippen LogP contribution in [0.2, 0.25) is 0 Å². The van der Waals surface area contributed by atoms with E-state index >= 15 is 13.2 Å². The summed E-state index contributed by atoms with van der Waals surface area (Å²) in [5.41, 5.74) is -9.17. The van der Waals surface area contributed by atoms with E-state index in [0.717, 1.165) is 44.8 Å². The summed E-state index contributed by atoms with van der Waals surface area (Å²) in [6.07, 6.45) is 15.4. The second-order valence-electron chi connectivity index (χ2n) is 36.9. The number of nitrogens with zero attached hydrogens (tertiary/aromatic N) is 4. The van der Waals surface area contributed by atoms with Gasteiger partial charge in [0.25, 0.3) is 0 Å². The van der Waals surface area contributed by atoms with Gasteiger partial charge in [-0.05, 0) is 143 Å². The molecule has 0 aliphatic heterocycles. The minimum Gasteiger partial charge on any atom is -0.457 e. The fourth-order valence-electron chi connectivity index (χ4n) is 26.0. The van der Waals surface area contributed by atoms with Crippen LogP contribution in [0.5, 0.6) is 0 Å². The highest BCUT2D eigenvalue weighted by Crippen LogP contribution is 2.76. The SMILES string of the molecule is C=C1C=C[C@@]2(C)C(=C1)CC[C@H]1[C@@H]3C[C@H](C)[C@](OC(=O)CC)(C(=O)COC(=O)CC)[C@@]3(C)C[C@H](O)[C@@]12F.CCC(=O)OCC(=O)[C@@]1(OC(=O)CC)[C@@H](C)C[C@H]2[C@@H]3CCC4=Cc5c(cnn5C)C[C@]4(C)[C@@]3(F)[C@@H](O)C[C@@]21C.CCC(=O)OCC(=O)[C@@]1(OC(=O)CC)[C@@H](C)C[C@H]2[C@@H]3CCC4=Cc5nn(C)cc5C[C@]4(C)[C@@]3(F)[C@@H](O)C[C@@]21C. The molecule has 114 heavy (non-hydrogen) atoms. The van der Waals surface area contributed by atoms with Crippen LogP contribution >= 0.6 is 0 Å². The molecule has 12 aliphatic rings. The number of carbonyl (C=O) groups is 9. The molecular formula is C89H121F3N4O18. The number of aliphatic hydroxyl groups excluding tert-OH is 3. The first-order chi connectivity index (χ1) is 53.4. The van der Waals surface area contributed by atoms with Crippen molar-refractivity contribution in [2.24, 2.45) is 99.8 Å². The highest BCUT2D eigenvalue weighted by molar-refractivity contribution is 5.96. The summed E-state index contributed by atoms with van der Waals surface area (Å²) in [7, 11) is 3.73. The molecule has 2 heterocycles. The van der Waals surface area contributed by atoms with Crippen LogP contribution in [0.4, 0.5) is 13.2 Å². The van der Waals surface area contributed by atoms with Gasteiger partial charge >= 0.3 is 35.8 Å². The van der Waals surface area contributed by atoms with Gasteiger partial charge in [-0.3, -0.25) is 52.5 Å². The van der Waals surface area contributed by atoms with Crippen LogP contribution in [0.1, 0.15) is 242 Å². The molecule has 0 radical (unpaired) electrons. The first-order valence-electron chi connectivity index (χ1n) is 41.8. The van der Waals surface area contributed by atoms with Gasteiger partial charge in [0, 0.05) is 127 Å². The largest absolute Gasteiger partial charge is 0.457 e. The predicted octanol–water partition coefficient (Wildman–Crippen LogP) is 13.1. The van der Waals surface area contributed by atoms with E-state index in [1.165, 1.54) is 0 Å². The van der Waals surface area contributed by atoms with E-state index < -0.39 is 193 Å². The van der Waals surface area contributed by atoms with Gasteiger partial charge in [-0.2, -0.15) is 10.2 Å². The van der Waals surface area contributed by atoms with Crippen molar-refractivity contribution in [3.8, 4) is 0 Å². The number of fused-ring (bicyclic) bond motifs is 17. The second-order valence-corrected chi connectivity index (χ2v) is 36.9. The Hall–Kier alpha value is -7.38. The summed E-state index contributed by atoms with van der Waals surface area (Å²) in [6, 6.07) is 0. The molecule has 3 N–H and O–H groups in total. The van der Waals surface area contributed by atoms with Crippen molar-refractivity contribution in [1.82, 2.24) is 19.6 Å². The van der Waals surface area contributed by atoms with Gasteiger partial charge < -0.3 is 43.7 Å². The van der Waals surface area contributed by atoms with Crippen LogP contribution in [0.25, 0.3) is 12.2 Å². The third kappa shape index (κ3) is 12.2. The van der Waals surface area contributed by atoms with Crippen molar-refractivity contribution in [3.05, 3.63) is 82.0 Å². The Balaban J connectivity index is 0.000000158. The Morgan fingerprint density at radius 2 is 0.842 bits per heavy atom. The molecular weight excluding hydrogens is 1470 g/mol. The number of alkyl halides is 3. The number of aliphatic hydroxyl groups is 3. The second kappa shape index (κ2) is 30.2. The number of rotatable bonds is 18. The molecule has 25 heteroatoms. The summed E-state index contributed by atoms with van der Waals surface area (Å²) in [5, 5.41) is 44.2. The lowest BCUT2D eigenvalue weighted by atomic mass is 9.43. The van der Waals surface area contributed by atoms with Crippen LogP contribution in [0.3, 0.4) is 0 Å². The minimum atomic E-state index is -1.94. The van der Waals surface area contributed by atoms with Crippen molar-refractivity contribution in [2.75, 3.05) is 19.8 Å². The maximum atomic E-state index is 17.9. The number of esters is 6. The number of aryl methyl sites for hydroxylation is 2. The fourth-order valence-corrected chi connectivity index (χ4v) is 26.0. The lowest BCUT2D eigenvalue weighted by Crippen LogP contribution is -2.70. The van der Waals surface area contributed by atoms with Crippen molar-refractivity contribution >= 4 is 65.3 Å². The molecule has 9 saturated carbocycles. The highest BCUT2D eigenvalue weighted by atomic mass is 19.2. The zero-order valence-electron chi connectivity index (χ0n) is 69.8. The zero-order valence-corrected chi connectivity index (χ0v) is 69.8. The van der Waals surface area contributed by atoms with Gasteiger partial charge in [-0.1, -0.05) is 138 Å². The Morgan fingerprint density at radius 3 is 1.23 bits per heavy atom. The molecule has 0 unspecified atom stereocenters. The van der Waals surface area contributed by atoms with E-state index in [1.54, 1.807) is 57.1 Å². The number of ketones is 3. The van der Waals surface area contributed by atoms with Gasteiger partial charge in [0.05, 0.1) is 35.9 Å². The topological polar surface area (TPSA) is 305 Å². The first kappa shape index (κ1) is 86.0. The quantitative estimate of drug-likeness (QED) is 0.0922. The molecule has 24 atom stereocenters. The molecule has 2 aromatic rings. The van der Waals surface area contributed by atoms with Crippen molar-refractivity contribution in [2.45, 2.75) is 284 Å². The summed E-state index contributed by atoms with van der Waals surface area (Å²) >= 11 is 0. The van der Waals surface area contributed by atoms with Crippen molar-refractivity contribution in [3.63, 3.8) is 0 Å². The fraction of sp³-hybridized carbons (Fsp3) is 0.719. The Morgan fingerprint density at radius 1 is 0.491 bits per heavy atom. The third-order valence-electron chi connectivity index (χ3n) is 31.6. The Kier molecular flexibility index (Phi) is 22.8. The van der Waals surface area contributed by atoms with Crippen LogP contribution in [0.15, 0.2) is 59.5 Å². The van der Waals surface area contributed by atoms with E-state index in [9.17, 15) is 58.5 Å². The maximum Gasteiger partial charge on any atom is 0.306 e. The summed E-state index contributed by atoms with van der Waals surface area (Å²) in [6.45, 7) is 29.1. The lowest BCUT2D eigenvalue weighted by molar-refractivity contribution is -0.234. The maximum absolute atomic E-state index is 17.9. The molecule has 14 rings (SSSR count). The molecule has 0 spiro atoms. The molecule has 0 aromatic carbocycles. The predicted molar refractivity (Wildman–Crippen MR) is 414 cm³/mol. The number of hydrogen-bond donors (Lipinski definition) is 3. The number of Topliss-reactive ketones (excluding diaryl/α,β-unsaturated/α-hetero) is 3. The van der Waals surface area contributed by atoms with Gasteiger partial charge in [-0.15, -0.1) is 0 Å². The minimum absolute atomic E-state index is 0.0395. The summed E-state index contributed by atoms with van der Waals surface area (Å²) in [5.74, 6) is -8.56. The van der Waals surface area contributed by atoms with Gasteiger partial charge in [0.2, 0.25) is 17.3 Å². The highest BCUT2D eigenvalue weighted by Gasteiger charge is 2.81. The number of halogens is 3. The monoisotopic (exact) mass is 1590 g/mol. The summed E-state index contributed by atoms with van der Waals surface area (Å²) in [4.78, 5) is 116.